The average Bonchev–Trinajstić information content (AvgIpc) is 2.64. The Morgan fingerprint density at radius 3 is 2.65 bits per heavy atom. The van der Waals surface area contributed by atoms with Crippen LogP contribution in [0.2, 0.25) is 0 Å². The van der Waals surface area contributed by atoms with Gasteiger partial charge >= 0.3 is 0 Å². The molecule has 2 rings (SSSR count). The largest absolute Gasteiger partial charge is 0.494 e. The number of H-pyrrole nitrogens is 1. The number of rotatable bonds is 3. The molecular weight excluding hydrogens is 216 g/mol. The molecule has 0 fully saturated rings. The minimum absolute atomic E-state index is 0.00509. The van der Waals surface area contributed by atoms with Gasteiger partial charge in [-0.2, -0.15) is 0 Å². The Kier molecular flexibility index (Phi) is 3.04. The van der Waals surface area contributed by atoms with Crippen molar-refractivity contribution in [2.24, 2.45) is 0 Å². The maximum atomic E-state index is 12.2. The van der Waals surface area contributed by atoms with Gasteiger partial charge in [-0.25, -0.2) is 4.68 Å². The summed E-state index contributed by atoms with van der Waals surface area (Å²) in [4.78, 5) is 12.2. The number of benzene rings is 1. The van der Waals surface area contributed by atoms with Crippen molar-refractivity contribution >= 4 is 0 Å². The predicted octanol–water partition coefficient (Wildman–Crippen LogP) is 2.05. The molecule has 0 unspecified atom stereocenters. The molecule has 90 valence electrons. The molecule has 0 aliphatic carbocycles. The van der Waals surface area contributed by atoms with Crippen LogP contribution in [-0.4, -0.2) is 16.9 Å². The summed E-state index contributed by atoms with van der Waals surface area (Å²) in [5, 5.41) is 3.08. The van der Waals surface area contributed by atoms with E-state index in [2.05, 4.69) is 5.10 Å². The summed E-state index contributed by atoms with van der Waals surface area (Å²) < 4.78 is 6.79. The highest BCUT2D eigenvalue weighted by Gasteiger charge is 2.13. The number of methoxy groups -OCH3 is 1. The Morgan fingerprint density at radius 1 is 1.35 bits per heavy atom. The van der Waals surface area contributed by atoms with Crippen LogP contribution in [0.3, 0.4) is 0 Å². The Labute approximate surface area is 99.8 Å². The van der Waals surface area contributed by atoms with Crippen molar-refractivity contribution in [3.8, 4) is 11.4 Å². The first kappa shape index (κ1) is 11.5. The minimum atomic E-state index is -0.00509. The van der Waals surface area contributed by atoms with Crippen molar-refractivity contribution in [2.75, 3.05) is 7.11 Å². The summed E-state index contributed by atoms with van der Waals surface area (Å²) in [7, 11) is 1.60. The van der Waals surface area contributed by atoms with E-state index in [1.54, 1.807) is 7.11 Å². The molecule has 2 aromatic rings. The lowest BCUT2D eigenvalue weighted by atomic mass is 10.2. The van der Waals surface area contributed by atoms with E-state index in [9.17, 15) is 4.79 Å². The van der Waals surface area contributed by atoms with Crippen molar-refractivity contribution in [2.45, 2.75) is 20.3 Å². The van der Waals surface area contributed by atoms with Crippen molar-refractivity contribution in [3.05, 3.63) is 45.9 Å². The lowest BCUT2D eigenvalue weighted by molar-refractivity contribution is 0.411. The van der Waals surface area contributed by atoms with Gasteiger partial charge in [0.1, 0.15) is 11.4 Å². The van der Waals surface area contributed by atoms with Crippen molar-refractivity contribution in [1.29, 1.82) is 0 Å². The highest BCUT2D eigenvalue weighted by molar-refractivity contribution is 5.46. The number of aromatic amines is 1. The monoisotopic (exact) mass is 232 g/mol. The topological polar surface area (TPSA) is 47.0 Å². The fourth-order valence-corrected chi connectivity index (χ4v) is 1.98. The molecule has 0 saturated carbocycles. The number of para-hydroxylation sites is 2. The first-order valence-corrected chi connectivity index (χ1v) is 5.63. The molecule has 17 heavy (non-hydrogen) atoms. The van der Waals surface area contributed by atoms with Crippen molar-refractivity contribution in [1.82, 2.24) is 9.78 Å². The Bertz CT molecular complexity index is 581. The van der Waals surface area contributed by atoms with Crippen molar-refractivity contribution in [3.63, 3.8) is 0 Å². The van der Waals surface area contributed by atoms with Gasteiger partial charge in [-0.3, -0.25) is 9.89 Å². The normalized spacial score (nSPS) is 10.5. The summed E-state index contributed by atoms with van der Waals surface area (Å²) in [6.45, 7) is 3.89. The molecule has 0 spiro atoms. The van der Waals surface area contributed by atoms with Gasteiger partial charge in [0.05, 0.1) is 7.11 Å². The number of hydrogen-bond acceptors (Lipinski definition) is 2. The number of aromatic nitrogens is 2. The van der Waals surface area contributed by atoms with Crippen LogP contribution in [-0.2, 0) is 6.42 Å². The SMILES string of the molecule is CCc1c(C)[nH]n(-c2ccccc2OC)c1=O. The highest BCUT2D eigenvalue weighted by Crippen LogP contribution is 2.20. The summed E-state index contributed by atoms with van der Waals surface area (Å²) in [5.74, 6) is 0.679. The first-order valence-electron chi connectivity index (χ1n) is 5.63. The third kappa shape index (κ3) is 1.86. The molecular formula is C13H16N2O2. The molecule has 0 bridgehead atoms. The van der Waals surface area contributed by atoms with Crippen LogP contribution in [0, 0.1) is 6.92 Å². The molecule has 0 saturated heterocycles. The van der Waals surface area contributed by atoms with E-state index in [0.29, 0.717) is 5.75 Å². The van der Waals surface area contributed by atoms with E-state index >= 15 is 0 Å². The van der Waals surface area contributed by atoms with Gasteiger partial charge in [-0.05, 0) is 25.5 Å². The Morgan fingerprint density at radius 2 is 2.06 bits per heavy atom. The number of nitrogens with zero attached hydrogens (tertiary/aromatic N) is 1. The third-order valence-corrected chi connectivity index (χ3v) is 2.87. The molecule has 1 aromatic heterocycles. The standard InChI is InChI=1S/C13H16N2O2/c1-4-10-9(2)14-15(13(10)16)11-7-5-6-8-12(11)17-3/h5-8,14H,4H2,1-3H3. The molecule has 0 aliphatic rings. The molecule has 4 heteroatoms. The van der Waals surface area contributed by atoms with Crippen LogP contribution in [0.4, 0.5) is 0 Å². The smallest absolute Gasteiger partial charge is 0.274 e. The maximum Gasteiger partial charge on any atom is 0.274 e. The van der Waals surface area contributed by atoms with Gasteiger partial charge in [0.2, 0.25) is 0 Å². The second-order valence-electron chi connectivity index (χ2n) is 3.88. The van der Waals surface area contributed by atoms with Gasteiger partial charge in [0, 0.05) is 11.3 Å². The Hall–Kier alpha value is -1.97. The Balaban J connectivity index is 2.65. The van der Waals surface area contributed by atoms with Crippen LogP contribution in [0.25, 0.3) is 5.69 Å². The second-order valence-corrected chi connectivity index (χ2v) is 3.88. The van der Waals surface area contributed by atoms with E-state index in [0.717, 1.165) is 23.4 Å². The van der Waals surface area contributed by atoms with Gasteiger partial charge in [-0.1, -0.05) is 19.1 Å². The summed E-state index contributed by atoms with van der Waals surface area (Å²) in [6.07, 6.45) is 0.726. The average molecular weight is 232 g/mol. The zero-order valence-corrected chi connectivity index (χ0v) is 10.3. The number of nitrogens with one attached hydrogen (secondary N) is 1. The lowest BCUT2D eigenvalue weighted by Gasteiger charge is -2.07. The van der Waals surface area contributed by atoms with Gasteiger partial charge in [0.15, 0.2) is 0 Å². The number of aryl methyl sites for hydroxylation is 1. The van der Waals surface area contributed by atoms with Gasteiger partial charge in [-0.15, -0.1) is 0 Å². The van der Waals surface area contributed by atoms with E-state index in [-0.39, 0.29) is 5.56 Å². The minimum Gasteiger partial charge on any atom is -0.494 e. The molecule has 0 radical (unpaired) electrons. The maximum absolute atomic E-state index is 12.2. The molecule has 0 amide bonds. The van der Waals surface area contributed by atoms with E-state index < -0.39 is 0 Å². The van der Waals surface area contributed by atoms with Crippen LogP contribution in [0.1, 0.15) is 18.2 Å². The third-order valence-electron chi connectivity index (χ3n) is 2.87. The quantitative estimate of drug-likeness (QED) is 0.880. The predicted molar refractivity (Wildman–Crippen MR) is 67.1 cm³/mol. The molecule has 1 aromatic carbocycles. The summed E-state index contributed by atoms with van der Waals surface area (Å²) in [5.41, 5.74) is 2.46. The zero-order chi connectivity index (χ0) is 12.4. The first-order chi connectivity index (χ1) is 8.19. The lowest BCUT2D eigenvalue weighted by Crippen LogP contribution is -2.17. The van der Waals surface area contributed by atoms with Crippen LogP contribution < -0.4 is 10.3 Å². The zero-order valence-electron chi connectivity index (χ0n) is 10.3. The fraction of sp³-hybridized carbons (Fsp3) is 0.308. The van der Waals surface area contributed by atoms with Gasteiger partial charge < -0.3 is 4.74 Å². The second kappa shape index (κ2) is 4.49. The molecule has 4 nitrogen and oxygen atoms in total. The molecule has 0 aliphatic heterocycles. The van der Waals surface area contributed by atoms with E-state index in [1.807, 2.05) is 38.1 Å². The number of hydrogen-bond donors (Lipinski definition) is 1. The van der Waals surface area contributed by atoms with Crippen LogP contribution in [0.15, 0.2) is 29.1 Å². The van der Waals surface area contributed by atoms with Crippen molar-refractivity contribution < 1.29 is 4.74 Å². The highest BCUT2D eigenvalue weighted by atomic mass is 16.5. The van der Waals surface area contributed by atoms with E-state index in [1.165, 1.54) is 4.68 Å². The summed E-state index contributed by atoms with van der Waals surface area (Å²) >= 11 is 0. The molecule has 1 heterocycles. The fourth-order valence-electron chi connectivity index (χ4n) is 1.98. The number of ether oxygens (including phenoxy) is 1. The van der Waals surface area contributed by atoms with E-state index in [4.69, 9.17) is 4.74 Å². The summed E-state index contributed by atoms with van der Waals surface area (Å²) in [6, 6.07) is 7.45. The van der Waals surface area contributed by atoms with Gasteiger partial charge in [0.25, 0.3) is 5.56 Å². The molecule has 0 atom stereocenters. The van der Waals surface area contributed by atoms with Crippen LogP contribution >= 0.6 is 0 Å². The van der Waals surface area contributed by atoms with Crippen LogP contribution in [0.5, 0.6) is 5.75 Å². The molecule has 1 N–H and O–H groups in total.